The van der Waals surface area contributed by atoms with Gasteiger partial charge in [0.15, 0.2) is 0 Å². The van der Waals surface area contributed by atoms with Crippen LogP contribution in [0.4, 0.5) is 0 Å². The summed E-state index contributed by atoms with van der Waals surface area (Å²) in [5.74, 6) is 1.26. The van der Waals surface area contributed by atoms with Crippen LogP contribution in [0.25, 0.3) is 0 Å². The van der Waals surface area contributed by atoms with Gasteiger partial charge in [0.2, 0.25) is 5.91 Å². The van der Waals surface area contributed by atoms with Crippen molar-refractivity contribution in [2.45, 2.75) is 52.1 Å². The van der Waals surface area contributed by atoms with Gasteiger partial charge >= 0.3 is 0 Å². The zero-order chi connectivity index (χ0) is 14.5. The predicted octanol–water partition coefficient (Wildman–Crippen LogP) is 1.73. The van der Waals surface area contributed by atoms with E-state index < -0.39 is 0 Å². The van der Waals surface area contributed by atoms with E-state index in [0.29, 0.717) is 11.8 Å². The number of hydrogen-bond donors (Lipinski definition) is 1. The van der Waals surface area contributed by atoms with Crippen molar-refractivity contribution in [2.24, 2.45) is 11.8 Å². The highest BCUT2D eigenvalue weighted by Gasteiger charge is 2.30. The summed E-state index contributed by atoms with van der Waals surface area (Å²) in [7, 11) is 0. The molecule has 0 saturated carbocycles. The summed E-state index contributed by atoms with van der Waals surface area (Å²) in [6.07, 6.45) is 4.93. The number of aliphatic hydroxyl groups excluding tert-OH is 1. The van der Waals surface area contributed by atoms with Crippen molar-refractivity contribution in [1.82, 2.24) is 9.80 Å². The van der Waals surface area contributed by atoms with E-state index in [2.05, 4.69) is 16.7 Å². The molecule has 116 valence electrons. The van der Waals surface area contributed by atoms with Crippen molar-refractivity contribution in [2.75, 3.05) is 32.7 Å². The van der Waals surface area contributed by atoms with Crippen LogP contribution in [0, 0.1) is 11.8 Å². The second-order valence-electron chi connectivity index (χ2n) is 6.67. The molecule has 2 aliphatic rings. The molecule has 20 heavy (non-hydrogen) atoms. The largest absolute Gasteiger partial charge is 0.392 e. The van der Waals surface area contributed by atoms with Gasteiger partial charge in [-0.1, -0.05) is 13.8 Å². The molecule has 0 bridgehead atoms. The van der Waals surface area contributed by atoms with Crippen LogP contribution >= 0.6 is 0 Å². The molecule has 1 N–H and O–H groups in total. The lowest BCUT2D eigenvalue weighted by molar-refractivity contribution is -0.138. The lowest BCUT2D eigenvalue weighted by Crippen LogP contribution is -2.46. The van der Waals surface area contributed by atoms with Crippen LogP contribution in [-0.4, -0.2) is 59.6 Å². The molecule has 2 rings (SSSR count). The third-order valence-corrected chi connectivity index (χ3v) is 4.85. The lowest BCUT2D eigenvalue weighted by Gasteiger charge is -2.37. The first-order chi connectivity index (χ1) is 9.60. The first-order valence-corrected chi connectivity index (χ1v) is 8.29. The Morgan fingerprint density at radius 1 is 1.25 bits per heavy atom. The molecule has 0 aromatic rings. The fourth-order valence-corrected chi connectivity index (χ4v) is 3.44. The van der Waals surface area contributed by atoms with Crippen molar-refractivity contribution in [1.29, 1.82) is 0 Å². The zero-order valence-electron chi connectivity index (χ0n) is 13.1. The Hall–Kier alpha value is -0.610. The lowest BCUT2D eigenvalue weighted by atomic mass is 9.92. The quantitative estimate of drug-likeness (QED) is 0.854. The van der Waals surface area contributed by atoms with Crippen LogP contribution in [0.15, 0.2) is 0 Å². The van der Waals surface area contributed by atoms with Gasteiger partial charge < -0.3 is 14.9 Å². The van der Waals surface area contributed by atoms with E-state index in [1.165, 1.54) is 6.42 Å². The van der Waals surface area contributed by atoms with E-state index in [-0.39, 0.29) is 12.0 Å². The fraction of sp³-hybridized carbons (Fsp3) is 0.938. The first kappa shape index (κ1) is 15.8. The van der Waals surface area contributed by atoms with Gasteiger partial charge in [-0.3, -0.25) is 4.79 Å². The van der Waals surface area contributed by atoms with Crippen LogP contribution in [0.3, 0.4) is 0 Å². The third-order valence-electron chi connectivity index (χ3n) is 4.85. The molecule has 1 unspecified atom stereocenters. The molecule has 0 aromatic carbocycles. The Morgan fingerprint density at radius 2 is 1.95 bits per heavy atom. The van der Waals surface area contributed by atoms with Gasteiger partial charge in [-0.25, -0.2) is 0 Å². The van der Waals surface area contributed by atoms with Gasteiger partial charge in [-0.2, -0.15) is 0 Å². The van der Waals surface area contributed by atoms with E-state index in [0.717, 1.165) is 58.4 Å². The fourth-order valence-electron chi connectivity index (χ4n) is 3.44. The van der Waals surface area contributed by atoms with Crippen LogP contribution in [-0.2, 0) is 4.79 Å². The maximum absolute atomic E-state index is 12.5. The summed E-state index contributed by atoms with van der Waals surface area (Å²) >= 11 is 0. The van der Waals surface area contributed by atoms with Crippen molar-refractivity contribution in [3.8, 4) is 0 Å². The minimum atomic E-state index is -0.217. The summed E-state index contributed by atoms with van der Waals surface area (Å²) in [6.45, 7) is 8.84. The molecule has 2 atom stereocenters. The van der Waals surface area contributed by atoms with Crippen LogP contribution < -0.4 is 0 Å². The van der Waals surface area contributed by atoms with E-state index in [1.807, 2.05) is 6.92 Å². The minimum Gasteiger partial charge on any atom is -0.392 e. The second kappa shape index (κ2) is 7.41. The maximum atomic E-state index is 12.5. The van der Waals surface area contributed by atoms with Crippen molar-refractivity contribution in [3.05, 3.63) is 0 Å². The van der Waals surface area contributed by atoms with Crippen LogP contribution in [0.2, 0.25) is 0 Å². The summed E-state index contributed by atoms with van der Waals surface area (Å²) in [5.41, 5.74) is 0. The number of β-amino-alcohol motifs (C(OH)–C–C–N with tert-alkyl or cyclic N) is 1. The van der Waals surface area contributed by atoms with Gasteiger partial charge in [0.1, 0.15) is 0 Å². The number of hydrogen-bond acceptors (Lipinski definition) is 3. The number of amides is 1. The number of rotatable bonds is 4. The average molecular weight is 282 g/mol. The topological polar surface area (TPSA) is 43.8 Å². The Kier molecular flexibility index (Phi) is 5.85. The molecule has 2 heterocycles. The molecule has 4 nitrogen and oxygen atoms in total. The van der Waals surface area contributed by atoms with Gasteiger partial charge in [-0.05, 0) is 51.1 Å². The Balaban J connectivity index is 1.76. The molecule has 0 spiro atoms. The molecule has 1 amide bonds. The number of carbonyl (C=O) groups excluding carboxylic acids is 1. The molecule has 0 aromatic heterocycles. The molecule has 4 heteroatoms. The summed E-state index contributed by atoms with van der Waals surface area (Å²) in [4.78, 5) is 16.9. The number of nitrogens with zero attached hydrogens (tertiary/aromatic N) is 2. The summed E-state index contributed by atoms with van der Waals surface area (Å²) in [5, 5.41) is 9.70. The number of piperidine rings is 2. The smallest absolute Gasteiger partial charge is 0.225 e. The maximum Gasteiger partial charge on any atom is 0.225 e. The Morgan fingerprint density at radius 3 is 2.55 bits per heavy atom. The third kappa shape index (κ3) is 4.19. The highest BCUT2D eigenvalue weighted by Crippen LogP contribution is 2.23. The highest BCUT2D eigenvalue weighted by molar-refractivity contribution is 5.79. The minimum absolute atomic E-state index is 0.217. The SMILES string of the molecule is CC[C@@H](O)CN1CCC(C(=O)N2CCCC(C)C2)CC1. The van der Waals surface area contributed by atoms with Crippen molar-refractivity contribution in [3.63, 3.8) is 0 Å². The van der Waals surface area contributed by atoms with E-state index in [1.54, 1.807) is 0 Å². The van der Waals surface area contributed by atoms with Crippen molar-refractivity contribution < 1.29 is 9.90 Å². The molecule has 2 aliphatic heterocycles. The van der Waals surface area contributed by atoms with Crippen molar-refractivity contribution >= 4 is 5.91 Å². The molecular formula is C16H30N2O2. The van der Waals surface area contributed by atoms with Gasteiger partial charge in [0.25, 0.3) is 0 Å². The predicted molar refractivity (Wildman–Crippen MR) is 80.4 cm³/mol. The Bertz CT molecular complexity index is 314. The standard InChI is InChI=1S/C16H30N2O2/c1-3-15(19)12-17-9-6-14(7-10-17)16(20)18-8-4-5-13(2)11-18/h13-15,19H,3-12H2,1-2H3/t13?,15-/m1/s1. The zero-order valence-corrected chi connectivity index (χ0v) is 13.1. The van der Waals surface area contributed by atoms with Crippen LogP contribution in [0.1, 0.15) is 46.0 Å². The highest BCUT2D eigenvalue weighted by atomic mass is 16.3. The Labute approximate surface area is 123 Å². The summed E-state index contributed by atoms with van der Waals surface area (Å²) < 4.78 is 0. The first-order valence-electron chi connectivity index (χ1n) is 8.29. The molecule has 2 fully saturated rings. The van der Waals surface area contributed by atoms with E-state index >= 15 is 0 Å². The monoisotopic (exact) mass is 282 g/mol. The average Bonchev–Trinajstić information content (AvgIpc) is 2.47. The number of carbonyl (C=O) groups is 1. The molecule has 2 saturated heterocycles. The van der Waals surface area contributed by atoms with Gasteiger partial charge in [0, 0.05) is 25.6 Å². The van der Waals surface area contributed by atoms with Gasteiger partial charge in [-0.15, -0.1) is 0 Å². The normalized spacial score (nSPS) is 27.6. The second-order valence-corrected chi connectivity index (χ2v) is 6.67. The molecule has 0 aliphatic carbocycles. The van der Waals surface area contributed by atoms with E-state index in [9.17, 15) is 9.90 Å². The molecule has 0 radical (unpaired) electrons. The number of likely N-dealkylation sites (tertiary alicyclic amines) is 2. The van der Waals surface area contributed by atoms with Crippen LogP contribution in [0.5, 0.6) is 0 Å². The van der Waals surface area contributed by atoms with E-state index in [4.69, 9.17) is 0 Å². The van der Waals surface area contributed by atoms with Gasteiger partial charge in [0.05, 0.1) is 6.10 Å². The summed E-state index contributed by atoms with van der Waals surface area (Å²) in [6, 6.07) is 0. The molecular weight excluding hydrogens is 252 g/mol. The number of aliphatic hydroxyl groups is 1.